The lowest BCUT2D eigenvalue weighted by Crippen LogP contribution is -2.39. The summed E-state index contributed by atoms with van der Waals surface area (Å²) in [5, 5.41) is 0.412. The van der Waals surface area contributed by atoms with E-state index in [1.165, 1.54) is 19.4 Å². The summed E-state index contributed by atoms with van der Waals surface area (Å²) in [4.78, 5) is 24.4. The van der Waals surface area contributed by atoms with E-state index in [9.17, 15) is 13.2 Å². The zero-order valence-electron chi connectivity index (χ0n) is 22.5. The molecule has 39 heavy (non-hydrogen) atoms. The van der Waals surface area contributed by atoms with Gasteiger partial charge in [-0.25, -0.2) is 23.1 Å². The lowest BCUT2D eigenvalue weighted by Gasteiger charge is -2.21. The predicted octanol–water partition coefficient (Wildman–Crippen LogP) is 4.39. The molecule has 0 radical (unpaired) electrons. The highest BCUT2D eigenvalue weighted by atomic mass is 32.2. The number of carbonyl (C=O) groups excluding carboxylic acids is 1. The molecule has 1 fully saturated rings. The third-order valence-corrected chi connectivity index (χ3v) is 7.93. The van der Waals surface area contributed by atoms with Gasteiger partial charge in [-0.15, -0.1) is 13.2 Å². The molecule has 0 unspecified atom stereocenters. The number of hydrogen-bond donors (Lipinski definition) is 1. The molecule has 206 valence electrons. The number of fused-ring (bicyclic) bond motifs is 1. The van der Waals surface area contributed by atoms with Crippen LogP contribution < -0.4 is 19.1 Å². The number of hydrogen-bond acceptors (Lipinski definition) is 8. The Morgan fingerprint density at radius 3 is 2.51 bits per heavy atom. The molecule has 1 N–H and O–H groups in total. The average molecular weight is 551 g/mol. The summed E-state index contributed by atoms with van der Waals surface area (Å²) >= 11 is 0. The zero-order valence-corrected chi connectivity index (χ0v) is 23.3. The first-order chi connectivity index (χ1) is 18.6. The molecule has 0 spiro atoms. The van der Waals surface area contributed by atoms with Crippen molar-refractivity contribution in [2.24, 2.45) is 5.92 Å². The van der Waals surface area contributed by atoms with Gasteiger partial charge in [-0.3, -0.25) is 4.79 Å². The quantitative estimate of drug-likeness (QED) is 0.312. The summed E-state index contributed by atoms with van der Waals surface area (Å²) in [5.74, 6) is 1.07. The molecule has 1 amide bonds. The Morgan fingerprint density at radius 1 is 1.18 bits per heavy atom. The normalized spacial score (nSPS) is 14.1. The van der Waals surface area contributed by atoms with Crippen LogP contribution in [0.5, 0.6) is 11.6 Å². The molecular formula is C29H34N4O5S. The fourth-order valence-corrected chi connectivity index (χ4v) is 5.67. The second-order valence-electron chi connectivity index (χ2n) is 9.92. The van der Waals surface area contributed by atoms with E-state index in [1.54, 1.807) is 42.5 Å². The van der Waals surface area contributed by atoms with E-state index in [0.29, 0.717) is 66.5 Å². The first kappa shape index (κ1) is 28.1. The molecule has 1 aromatic carbocycles. The van der Waals surface area contributed by atoms with Crippen molar-refractivity contribution in [1.82, 2.24) is 14.7 Å². The van der Waals surface area contributed by atoms with Gasteiger partial charge in [-0.1, -0.05) is 32.1 Å². The second-order valence-corrected chi connectivity index (χ2v) is 11.6. The molecule has 0 bridgehead atoms. The lowest BCUT2D eigenvalue weighted by atomic mass is 9.95. The Balaban J connectivity index is 1.66. The molecule has 1 aliphatic carbocycles. The number of aromatic nitrogens is 2. The number of nitrogens with one attached hydrogen (secondary N) is 1. The molecule has 10 heteroatoms. The maximum Gasteiger partial charge on any atom is 0.264 e. The number of rotatable bonds is 13. The van der Waals surface area contributed by atoms with Crippen LogP contribution in [0.25, 0.3) is 10.9 Å². The van der Waals surface area contributed by atoms with Crippen LogP contribution in [0.1, 0.15) is 32.3 Å². The number of anilines is 1. The summed E-state index contributed by atoms with van der Waals surface area (Å²) in [6.45, 7) is 13.1. The van der Waals surface area contributed by atoms with Crippen molar-refractivity contribution in [3.05, 3.63) is 73.5 Å². The van der Waals surface area contributed by atoms with Gasteiger partial charge in [0, 0.05) is 30.1 Å². The Morgan fingerprint density at radius 2 is 1.90 bits per heavy atom. The van der Waals surface area contributed by atoms with E-state index in [2.05, 4.69) is 27.8 Å². The van der Waals surface area contributed by atoms with Gasteiger partial charge < -0.3 is 14.4 Å². The summed E-state index contributed by atoms with van der Waals surface area (Å²) in [5.41, 5.74) is 0.00312. The van der Waals surface area contributed by atoms with Crippen molar-refractivity contribution in [3.8, 4) is 11.6 Å². The number of methoxy groups -OCH3 is 1. The van der Waals surface area contributed by atoms with E-state index in [1.807, 2.05) is 18.7 Å². The summed E-state index contributed by atoms with van der Waals surface area (Å²) in [7, 11) is -2.73. The highest BCUT2D eigenvalue weighted by molar-refractivity contribution is 7.90. The Bertz CT molecular complexity index is 1490. The maximum absolute atomic E-state index is 13.6. The number of amides is 1. The minimum absolute atomic E-state index is 0.0224. The molecule has 3 aromatic rings. The van der Waals surface area contributed by atoms with Crippen LogP contribution in [-0.2, 0) is 20.2 Å². The summed E-state index contributed by atoms with van der Waals surface area (Å²) in [6.07, 6.45) is 5.99. The number of sulfonamides is 1. The summed E-state index contributed by atoms with van der Waals surface area (Å²) in [6, 6.07) is 9.92. The van der Waals surface area contributed by atoms with Gasteiger partial charge >= 0.3 is 0 Å². The molecule has 2 heterocycles. The van der Waals surface area contributed by atoms with E-state index in [4.69, 9.17) is 9.47 Å². The molecule has 9 nitrogen and oxygen atoms in total. The first-order valence-electron chi connectivity index (χ1n) is 12.8. The van der Waals surface area contributed by atoms with Crippen molar-refractivity contribution < 1.29 is 22.7 Å². The van der Waals surface area contributed by atoms with Crippen LogP contribution in [0.3, 0.4) is 0 Å². The fraction of sp³-hybridized carbons (Fsp3) is 0.345. The summed E-state index contributed by atoms with van der Waals surface area (Å²) < 4.78 is 40.6. The minimum atomic E-state index is -4.22. The van der Waals surface area contributed by atoms with Gasteiger partial charge in [0.15, 0.2) is 0 Å². The topological polar surface area (TPSA) is 111 Å². The monoisotopic (exact) mass is 550 g/mol. The van der Waals surface area contributed by atoms with E-state index >= 15 is 0 Å². The number of pyridine rings is 2. The Kier molecular flexibility index (Phi) is 8.25. The van der Waals surface area contributed by atoms with Gasteiger partial charge in [-0.2, -0.15) is 0 Å². The van der Waals surface area contributed by atoms with Gasteiger partial charge in [0.05, 0.1) is 35.7 Å². The van der Waals surface area contributed by atoms with Crippen LogP contribution in [0.15, 0.2) is 72.8 Å². The molecule has 1 saturated carbocycles. The van der Waals surface area contributed by atoms with Crippen LogP contribution >= 0.6 is 0 Å². The van der Waals surface area contributed by atoms with Gasteiger partial charge in [-0.05, 0) is 43.0 Å². The first-order valence-corrected chi connectivity index (χ1v) is 14.2. The third-order valence-electron chi connectivity index (χ3n) is 6.54. The Labute approximate surface area is 229 Å². The predicted molar refractivity (Wildman–Crippen MR) is 152 cm³/mol. The van der Waals surface area contributed by atoms with E-state index in [-0.39, 0.29) is 10.8 Å². The second kappa shape index (κ2) is 11.4. The maximum atomic E-state index is 13.6. The van der Waals surface area contributed by atoms with Crippen molar-refractivity contribution in [2.45, 2.75) is 37.0 Å². The van der Waals surface area contributed by atoms with Crippen molar-refractivity contribution in [2.75, 3.05) is 31.7 Å². The van der Waals surface area contributed by atoms with Crippen LogP contribution in [0.2, 0.25) is 0 Å². The molecule has 0 saturated heterocycles. The van der Waals surface area contributed by atoms with Crippen molar-refractivity contribution in [3.63, 3.8) is 0 Å². The lowest BCUT2D eigenvalue weighted by molar-refractivity contribution is -0.121. The van der Waals surface area contributed by atoms with Crippen LogP contribution in [0.4, 0.5) is 5.82 Å². The average Bonchev–Trinajstić information content (AvgIpc) is 3.73. The Hall–Kier alpha value is -3.92. The minimum Gasteiger partial charge on any atom is -0.491 e. The molecule has 4 rings (SSSR count). The van der Waals surface area contributed by atoms with Crippen molar-refractivity contribution >= 4 is 32.7 Å². The van der Waals surface area contributed by atoms with E-state index in [0.717, 1.165) is 0 Å². The number of ether oxygens (including phenoxy) is 2. The van der Waals surface area contributed by atoms with Gasteiger partial charge in [0.1, 0.15) is 11.6 Å². The number of carbonyl (C=O) groups is 1. The zero-order chi connectivity index (χ0) is 28.2. The molecule has 2 aromatic heterocycles. The molecule has 0 aliphatic heterocycles. The van der Waals surface area contributed by atoms with Gasteiger partial charge in [0.25, 0.3) is 10.0 Å². The SMILES string of the molecule is C=CCN(CC=C)c1ccc2c(S(=O)(=O)NC(=O)C3(c4cc(OC)ncc4OCC(C)C)CC3)cccc2n1. The van der Waals surface area contributed by atoms with Crippen LogP contribution in [0, 0.1) is 5.92 Å². The highest BCUT2D eigenvalue weighted by Gasteiger charge is 2.54. The molecule has 0 atom stereocenters. The van der Waals surface area contributed by atoms with Crippen LogP contribution in [-0.4, -0.2) is 51.1 Å². The number of nitrogens with zero attached hydrogens (tertiary/aromatic N) is 3. The smallest absolute Gasteiger partial charge is 0.264 e. The standard InChI is InChI=1S/C29H34N4O5S/c1-6-15-33(16-7-2)26-12-11-21-23(31-26)9-8-10-25(21)39(35,36)32-28(34)29(13-14-29)22-17-27(37-5)30-18-24(22)38-19-20(3)4/h6-12,17-18,20H,1-2,13-16,19H2,3-5H3,(H,32,34). The van der Waals surface area contributed by atoms with E-state index < -0.39 is 21.3 Å². The fourth-order valence-electron chi connectivity index (χ4n) is 4.40. The molecule has 1 aliphatic rings. The third kappa shape index (κ3) is 5.90. The highest BCUT2D eigenvalue weighted by Crippen LogP contribution is 2.52. The number of benzene rings is 1. The van der Waals surface area contributed by atoms with Gasteiger partial charge in [0.2, 0.25) is 11.8 Å². The van der Waals surface area contributed by atoms with Crippen molar-refractivity contribution in [1.29, 1.82) is 0 Å². The largest absolute Gasteiger partial charge is 0.491 e. The molecular weight excluding hydrogens is 516 g/mol.